The van der Waals surface area contributed by atoms with Gasteiger partial charge in [-0.15, -0.1) is 0 Å². The zero-order valence-corrected chi connectivity index (χ0v) is 11.8. The molecule has 0 aromatic heterocycles. The second-order valence-corrected chi connectivity index (χ2v) is 4.42. The van der Waals surface area contributed by atoms with Crippen LogP contribution >= 0.6 is 0 Å². The highest BCUT2D eigenvalue weighted by atomic mass is 16.4. The first-order chi connectivity index (χ1) is 8.08. The fraction of sp³-hybridized carbons (Fsp3) is 0.786. The van der Waals surface area contributed by atoms with Gasteiger partial charge in [-0.25, -0.2) is 4.79 Å². The molecule has 0 fully saturated rings. The summed E-state index contributed by atoms with van der Waals surface area (Å²) >= 11 is 0. The van der Waals surface area contributed by atoms with Gasteiger partial charge in [0, 0.05) is 18.8 Å². The zero-order valence-electron chi connectivity index (χ0n) is 11.8. The van der Waals surface area contributed by atoms with Gasteiger partial charge >= 0.3 is 5.97 Å². The number of carboxylic acid groups (broad SMARTS) is 1. The molecule has 100 valence electrons. The van der Waals surface area contributed by atoms with Crippen LogP contribution in [0.25, 0.3) is 0 Å². The standard InChI is InChI=1S/C14H27NO2/c1-5-8-10-15(11-9-6-2)13(7-3)12(4)14(16)17/h5-11H2,1-4H3,(H,16,17)/b13-12+. The largest absolute Gasteiger partial charge is 0.478 e. The molecule has 0 rings (SSSR count). The van der Waals surface area contributed by atoms with E-state index in [0.29, 0.717) is 5.57 Å². The van der Waals surface area contributed by atoms with Crippen LogP contribution in [0.15, 0.2) is 11.3 Å². The summed E-state index contributed by atoms with van der Waals surface area (Å²) in [6.45, 7) is 10.0. The molecule has 0 radical (unpaired) electrons. The van der Waals surface area contributed by atoms with Crippen LogP contribution in [-0.4, -0.2) is 29.1 Å². The van der Waals surface area contributed by atoms with Crippen molar-refractivity contribution in [3.63, 3.8) is 0 Å². The molecule has 1 N–H and O–H groups in total. The Morgan fingerprint density at radius 1 is 1.06 bits per heavy atom. The highest BCUT2D eigenvalue weighted by molar-refractivity contribution is 5.86. The van der Waals surface area contributed by atoms with E-state index in [1.807, 2.05) is 6.92 Å². The molecular formula is C14H27NO2. The van der Waals surface area contributed by atoms with Crippen LogP contribution in [0.5, 0.6) is 0 Å². The third-order valence-electron chi connectivity index (χ3n) is 3.03. The molecule has 0 saturated heterocycles. The van der Waals surface area contributed by atoms with Crippen molar-refractivity contribution < 1.29 is 9.90 Å². The first kappa shape index (κ1) is 16.0. The van der Waals surface area contributed by atoms with E-state index in [-0.39, 0.29) is 0 Å². The van der Waals surface area contributed by atoms with Gasteiger partial charge in [-0.05, 0) is 26.2 Å². The van der Waals surface area contributed by atoms with Gasteiger partial charge in [0.05, 0.1) is 5.57 Å². The smallest absolute Gasteiger partial charge is 0.333 e. The highest BCUT2D eigenvalue weighted by Crippen LogP contribution is 2.16. The molecule has 17 heavy (non-hydrogen) atoms. The van der Waals surface area contributed by atoms with E-state index in [4.69, 9.17) is 5.11 Å². The quantitative estimate of drug-likeness (QED) is 0.626. The topological polar surface area (TPSA) is 40.5 Å². The van der Waals surface area contributed by atoms with Crippen molar-refractivity contribution in [1.82, 2.24) is 4.90 Å². The van der Waals surface area contributed by atoms with Crippen molar-refractivity contribution in [3.05, 3.63) is 11.3 Å². The van der Waals surface area contributed by atoms with Crippen LogP contribution in [0.2, 0.25) is 0 Å². The lowest BCUT2D eigenvalue weighted by Gasteiger charge is -2.28. The van der Waals surface area contributed by atoms with E-state index in [1.165, 1.54) is 0 Å². The minimum Gasteiger partial charge on any atom is -0.478 e. The van der Waals surface area contributed by atoms with Crippen molar-refractivity contribution in [2.75, 3.05) is 13.1 Å². The lowest BCUT2D eigenvalue weighted by atomic mass is 10.1. The predicted molar refractivity (Wildman–Crippen MR) is 72.0 cm³/mol. The van der Waals surface area contributed by atoms with Gasteiger partial charge in [0.2, 0.25) is 0 Å². The molecule has 0 amide bonds. The van der Waals surface area contributed by atoms with Gasteiger partial charge in [0.15, 0.2) is 0 Å². The molecule has 0 aliphatic carbocycles. The molecule has 0 aromatic rings. The Kier molecular flexibility index (Phi) is 8.55. The number of aliphatic carboxylic acids is 1. The lowest BCUT2D eigenvalue weighted by Crippen LogP contribution is -2.27. The average Bonchev–Trinajstić information content (AvgIpc) is 2.32. The van der Waals surface area contributed by atoms with Crippen molar-refractivity contribution in [1.29, 1.82) is 0 Å². The van der Waals surface area contributed by atoms with E-state index < -0.39 is 5.97 Å². The maximum Gasteiger partial charge on any atom is 0.333 e. The summed E-state index contributed by atoms with van der Waals surface area (Å²) in [6, 6.07) is 0. The van der Waals surface area contributed by atoms with Crippen molar-refractivity contribution >= 4 is 5.97 Å². The number of unbranched alkanes of at least 4 members (excludes halogenated alkanes) is 2. The summed E-state index contributed by atoms with van der Waals surface area (Å²) in [4.78, 5) is 13.3. The average molecular weight is 241 g/mol. The molecule has 3 nitrogen and oxygen atoms in total. The summed E-state index contributed by atoms with van der Waals surface area (Å²) in [7, 11) is 0. The molecule has 0 aliphatic rings. The molecule has 0 saturated carbocycles. The normalized spacial score (nSPS) is 12.2. The number of rotatable bonds is 9. The monoisotopic (exact) mass is 241 g/mol. The minimum absolute atomic E-state index is 0.500. The van der Waals surface area contributed by atoms with E-state index in [0.717, 1.165) is 50.9 Å². The fourth-order valence-corrected chi connectivity index (χ4v) is 1.93. The van der Waals surface area contributed by atoms with Gasteiger partial charge in [-0.3, -0.25) is 0 Å². The summed E-state index contributed by atoms with van der Waals surface area (Å²) in [5, 5.41) is 9.10. The number of allylic oxidation sites excluding steroid dienone is 1. The molecule has 0 aromatic carbocycles. The fourth-order valence-electron chi connectivity index (χ4n) is 1.93. The molecule has 3 heteroatoms. The van der Waals surface area contributed by atoms with Gasteiger partial charge in [0.1, 0.15) is 0 Å². The van der Waals surface area contributed by atoms with Crippen LogP contribution in [0.4, 0.5) is 0 Å². The third kappa shape index (κ3) is 5.76. The van der Waals surface area contributed by atoms with Crippen LogP contribution in [0.1, 0.15) is 59.8 Å². The Morgan fingerprint density at radius 3 is 1.82 bits per heavy atom. The zero-order chi connectivity index (χ0) is 13.3. The second kappa shape index (κ2) is 9.08. The Balaban J connectivity index is 4.82. The summed E-state index contributed by atoms with van der Waals surface area (Å²) in [5.74, 6) is -0.792. The van der Waals surface area contributed by atoms with E-state index in [2.05, 4.69) is 18.7 Å². The molecule has 0 atom stereocenters. The summed E-state index contributed by atoms with van der Waals surface area (Å²) in [6.07, 6.45) is 5.34. The first-order valence-corrected chi connectivity index (χ1v) is 6.76. The molecule has 0 aliphatic heterocycles. The maximum atomic E-state index is 11.1. The summed E-state index contributed by atoms with van der Waals surface area (Å²) in [5.41, 5.74) is 1.50. The number of hydrogen-bond acceptors (Lipinski definition) is 2. The van der Waals surface area contributed by atoms with Gasteiger partial charge in [-0.2, -0.15) is 0 Å². The van der Waals surface area contributed by atoms with Crippen LogP contribution in [0, 0.1) is 0 Å². The second-order valence-electron chi connectivity index (χ2n) is 4.42. The minimum atomic E-state index is -0.792. The molecule has 0 spiro atoms. The maximum absolute atomic E-state index is 11.1. The Bertz CT molecular complexity index is 251. The van der Waals surface area contributed by atoms with Crippen LogP contribution < -0.4 is 0 Å². The Hall–Kier alpha value is -0.990. The predicted octanol–water partition coefficient (Wildman–Crippen LogP) is 3.66. The van der Waals surface area contributed by atoms with Gasteiger partial charge < -0.3 is 10.0 Å². The van der Waals surface area contributed by atoms with Crippen molar-refractivity contribution in [2.24, 2.45) is 0 Å². The SMILES string of the molecule is CCCCN(CCCC)/C(CC)=C(\C)C(=O)O. The lowest BCUT2D eigenvalue weighted by molar-refractivity contribution is -0.132. The number of carbonyl (C=O) groups is 1. The molecule has 0 unspecified atom stereocenters. The van der Waals surface area contributed by atoms with Crippen LogP contribution in [0.3, 0.4) is 0 Å². The Labute approximate surface area is 106 Å². The van der Waals surface area contributed by atoms with Crippen molar-refractivity contribution in [2.45, 2.75) is 59.8 Å². The van der Waals surface area contributed by atoms with Crippen molar-refractivity contribution in [3.8, 4) is 0 Å². The molecule has 0 bridgehead atoms. The Morgan fingerprint density at radius 2 is 1.53 bits per heavy atom. The number of nitrogens with zero attached hydrogens (tertiary/aromatic N) is 1. The highest BCUT2D eigenvalue weighted by Gasteiger charge is 2.14. The molecular weight excluding hydrogens is 214 g/mol. The van der Waals surface area contributed by atoms with E-state index in [9.17, 15) is 4.79 Å². The van der Waals surface area contributed by atoms with Gasteiger partial charge in [0.25, 0.3) is 0 Å². The van der Waals surface area contributed by atoms with Crippen LogP contribution in [-0.2, 0) is 4.79 Å². The van der Waals surface area contributed by atoms with E-state index >= 15 is 0 Å². The number of carboxylic acids is 1. The third-order valence-corrected chi connectivity index (χ3v) is 3.03. The molecule has 0 heterocycles. The summed E-state index contributed by atoms with van der Waals surface area (Å²) < 4.78 is 0. The first-order valence-electron chi connectivity index (χ1n) is 6.76. The van der Waals surface area contributed by atoms with E-state index in [1.54, 1.807) is 6.92 Å². The number of hydrogen-bond donors (Lipinski definition) is 1. The van der Waals surface area contributed by atoms with Gasteiger partial charge in [-0.1, -0.05) is 33.6 Å².